The fraction of sp³-hybridized carbons (Fsp3) is 0.375. The molecule has 0 spiro atoms. The maximum absolute atomic E-state index is 12.0. The van der Waals surface area contributed by atoms with Crippen molar-refractivity contribution >= 4 is 29.3 Å². The molecular weight excluding hydrogens is 316 g/mol. The lowest BCUT2D eigenvalue weighted by Gasteiger charge is -2.18. The Labute approximate surface area is 138 Å². The highest BCUT2D eigenvalue weighted by atomic mass is 32.2. The van der Waals surface area contributed by atoms with Gasteiger partial charge in [-0.15, -0.1) is 0 Å². The molecule has 0 radical (unpaired) electrons. The molecule has 7 heteroatoms. The van der Waals surface area contributed by atoms with Crippen LogP contribution in [-0.2, 0) is 19.1 Å². The molecule has 0 bridgehead atoms. The molecule has 2 aliphatic heterocycles. The first-order valence-electron chi connectivity index (χ1n) is 7.32. The number of thioether (sulfide) groups is 1. The fourth-order valence-corrected chi connectivity index (χ4v) is 3.27. The third-order valence-electron chi connectivity index (χ3n) is 3.41. The molecule has 122 valence electrons. The van der Waals surface area contributed by atoms with Crippen molar-refractivity contribution in [2.24, 2.45) is 0 Å². The third kappa shape index (κ3) is 3.93. The van der Waals surface area contributed by atoms with Gasteiger partial charge in [-0.3, -0.25) is 9.59 Å². The number of nitrogens with one attached hydrogen (secondary N) is 2. The van der Waals surface area contributed by atoms with Crippen LogP contribution in [0.1, 0.15) is 13.8 Å². The summed E-state index contributed by atoms with van der Waals surface area (Å²) in [5.41, 5.74) is 0.763. The van der Waals surface area contributed by atoms with Crippen molar-refractivity contribution in [1.29, 1.82) is 0 Å². The lowest BCUT2D eigenvalue weighted by atomic mass is 10.3. The highest BCUT2D eigenvalue weighted by molar-refractivity contribution is 8.04. The Kier molecular flexibility index (Phi) is 4.43. The van der Waals surface area contributed by atoms with Crippen LogP contribution in [-0.4, -0.2) is 36.9 Å². The molecule has 0 saturated carbocycles. The van der Waals surface area contributed by atoms with Gasteiger partial charge in [0.05, 0.1) is 17.2 Å². The minimum atomic E-state index is -0.614. The van der Waals surface area contributed by atoms with E-state index in [0.29, 0.717) is 18.1 Å². The van der Waals surface area contributed by atoms with Crippen LogP contribution in [0.3, 0.4) is 0 Å². The van der Waals surface area contributed by atoms with Gasteiger partial charge in [-0.05, 0) is 26.0 Å². The fourth-order valence-electron chi connectivity index (χ4n) is 2.35. The Morgan fingerprint density at radius 2 is 2.26 bits per heavy atom. The van der Waals surface area contributed by atoms with Crippen LogP contribution in [0.4, 0.5) is 5.69 Å². The van der Waals surface area contributed by atoms with Crippen LogP contribution in [0.5, 0.6) is 0 Å². The summed E-state index contributed by atoms with van der Waals surface area (Å²) < 4.78 is 11.0. The first-order valence-corrected chi connectivity index (χ1v) is 8.14. The Morgan fingerprint density at radius 3 is 3.00 bits per heavy atom. The molecule has 0 aliphatic carbocycles. The average Bonchev–Trinajstić information content (AvgIpc) is 2.85. The summed E-state index contributed by atoms with van der Waals surface area (Å²) in [6, 6.07) is 7.47. The molecule has 2 heterocycles. The van der Waals surface area contributed by atoms with Crippen molar-refractivity contribution in [3.63, 3.8) is 0 Å². The average molecular weight is 334 g/mol. The Balaban J connectivity index is 1.59. The second-order valence-electron chi connectivity index (χ2n) is 5.76. The summed E-state index contributed by atoms with van der Waals surface area (Å²) in [5, 5.41) is 5.51. The zero-order valence-corrected chi connectivity index (χ0v) is 13.7. The van der Waals surface area contributed by atoms with Crippen molar-refractivity contribution in [2.45, 2.75) is 30.6 Å². The SMILES string of the molecule is CC1(C)OC[C@H](CNC(=O)/C=C2/Sc3ccccc3NC2=O)O1. The molecule has 1 atom stereocenters. The summed E-state index contributed by atoms with van der Waals surface area (Å²) in [5.74, 6) is -1.21. The van der Waals surface area contributed by atoms with Crippen LogP contribution in [0.2, 0.25) is 0 Å². The molecule has 2 aliphatic rings. The van der Waals surface area contributed by atoms with Gasteiger partial charge in [0.2, 0.25) is 5.91 Å². The number of hydrogen-bond acceptors (Lipinski definition) is 5. The van der Waals surface area contributed by atoms with Crippen molar-refractivity contribution in [3.8, 4) is 0 Å². The highest BCUT2D eigenvalue weighted by Gasteiger charge is 2.32. The van der Waals surface area contributed by atoms with Gasteiger partial charge in [0.15, 0.2) is 5.79 Å². The van der Waals surface area contributed by atoms with E-state index >= 15 is 0 Å². The number of carbonyl (C=O) groups excluding carboxylic acids is 2. The van der Waals surface area contributed by atoms with Gasteiger partial charge in [-0.25, -0.2) is 0 Å². The summed E-state index contributed by atoms with van der Waals surface area (Å²) in [6.45, 7) is 4.44. The molecule has 1 fully saturated rings. The third-order valence-corrected chi connectivity index (χ3v) is 4.51. The van der Waals surface area contributed by atoms with Crippen LogP contribution in [0.25, 0.3) is 0 Å². The molecule has 0 unspecified atom stereocenters. The molecule has 1 aromatic rings. The summed E-state index contributed by atoms with van der Waals surface area (Å²) >= 11 is 1.28. The van der Waals surface area contributed by atoms with Crippen LogP contribution >= 0.6 is 11.8 Å². The maximum Gasteiger partial charge on any atom is 0.262 e. The quantitative estimate of drug-likeness (QED) is 0.826. The summed E-state index contributed by atoms with van der Waals surface area (Å²) in [7, 11) is 0. The van der Waals surface area contributed by atoms with Gasteiger partial charge in [0.25, 0.3) is 5.91 Å². The normalized spacial score (nSPS) is 24.2. The first-order chi connectivity index (χ1) is 10.9. The van der Waals surface area contributed by atoms with E-state index in [2.05, 4.69) is 10.6 Å². The monoisotopic (exact) mass is 334 g/mol. The number of anilines is 1. The minimum absolute atomic E-state index is 0.180. The smallest absolute Gasteiger partial charge is 0.262 e. The zero-order chi connectivity index (χ0) is 16.4. The first kappa shape index (κ1) is 16.0. The van der Waals surface area contributed by atoms with Crippen LogP contribution in [0, 0.1) is 0 Å². The Bertz CT molecular complexity index is 672. The van der Waals surface area contributed by atoms with E-state index in [9.17, 15) is 9.59 Å². The Morgan fingerprint density at radius 1 is 1.48 bits per heavy atom. The predicted octanol–water partition coefficient (Wildman–Crippen LogP) is 1.88. The van der Waals surface area contributed by atoms with Gasteiger partial charge >= 0.3 is 0 Å². The lowest BCUT2D eigenvalue weighted by molar-refractivity contribution is -0.139. The van der Waals surface area contributed by atoms with Gasteiger partial charge in [-0.1, -0.05) is 23.9 Å². The van der Waals surface area contributed by atoms with Gasteiger partial charge < -0.3 is 20.1 Å². The van der Waals surface area contributed by atoms with Gasteiger partial charge in [0.1, 0.15) is 6.10 Å². The summed E-state index contributed by atoms with van der Waals surface area (Å²) in [6.07, 6.45) is 1.14. The van der Waals surface area contributed by atoms with Gasteiger partial charge in [-0.2, -0.15) is 0 Å². The standard InChI is InChI=1S/C16H18N2O4S/c1-16(2)21-9-10(22-16)8-17-14(19)7-13-15(20)18-11-5-3-4-6-12(11)23-13/h3-7,10H,8-9H2,1-2H3,(H,17,19)(H,18,20)/b13-7+/t10-/m0/s1. The van der Waals surface area contributed by atoms with Crippen LogP contribution in [0.15, 0.2) is 40.1 Å². The molecule has 23 heavy (non-hydrogen) atoms. The van der Waals surface area contributed by atoms with E-state index in [4.69, 9.17) is 9.47 Å². The second-order valence-corrected chi connectivity index (χ2v) is 6.84. The number of benzene rings is 1. The minimum Gasteiger partial charge on any atom is -0.350 e. The number of fused-ring (bicyclic) bond motifs is 1. The molecule has 2 amide bonds. The van der Waals surface area contributed by atoms with Crippen molar-refractivity contribution in [1.82, 2.24) is 5.32 Å². The number of carbonyl (C=O) groups is 2. The number of para-hydroxylation sites is 1. The van der Waals surface area contributed by atoms with Crippen molar-refractivity contribution in [3.05, 3.63) is 35.2 Å². The van der Waals surface area contributed by atoms with E-state index < -0.39 is 5.79 Å². The molecule has 2 N–H and O–H groups in total. The van der Waals surface area contributed by atoms with Crippen molar-refractivity contribution in [2.75, 3.05) is 18.5 Å². The van der Waals surface area contributed by atoms with E-state index in [0.717, 1.165) is 10.6 Å². The predicted molar refractivity (Wildman–Crippen MR) is 86.9 cm³/mol. The zero-order valence-electron chi connectivity index (χ0n) is 12.9. The molecule has 3 rings (SSSR count). The maximum atomic E-state index is 12.0. The van der Waals surface area contributed by atoms with E-state index in [1.807, 2.05) is 38.1 Å². The van der Waals surface area contributed by atoms with Crippen LogP contribution < -0.4 is 10.6 Å². The molecule has 6 nitrogen and oxygen atoms in total. The van der Waals surface area contributed by atoms with Crippen molar-refractivity contribution < 1.29 is 19.1 Å². The topological polar surface area (TPSA) is 76.7 Å². The second kappa shape index (κ2) is 6.35. The number of hydrogen-bond donors (Lipinski definition) is 2. The van der Waals surface area contributed by atoms with E-state index in [1.165, 1.54) is 17.8 Å². The highest BCUT2D eigenvalue weighted by Crippen LogP contribution is 2.37. The largest absolute Gasteiger partial charge is 0.350 e. The molecule has 1 saturated heterocycles. The lowest BCUT2D eigenvalue weighted by Crippen LogP contribution is -2.34. The molecule has 1 aromatic carbocycles. The number of amides is 2. The number of ether oxygens (including phenoxy) is 2. The molecule has 0 aromatic heterocycles. The molecular formula is C16H18N2O4S. The van der Waals surface area contributed by atoms with Gasteiger partial charge in [0, 0.05) is 17.5 Å². The van der Waals surface area contributed by atoms with E-state index in [-0.39, 0.29) is 17.9 Å². The number of rotatable bonds is 3. The Hall–Kier alpha value is -1.83. The summed E-state index contributed by atoms with van der Waals surface area (Å²) in [4.78, 5) is 25.3. The van der Waals surface area contributed by atoms with E-state index in [1.54, 1.807) is 0 Å².